The first-order valence-corrected chi connectivity index (χ1v) is 7.98. The monoisotopic (exact) mass is 330 g/mol. The second-order valence-electron chi connectivity index (χ2n) is 4.83. The zero-order valence-electron chi connectivity index (χ0n) is 11.9. The summed E-state index contributed by atoms with van der Waals surface area (Å²) < 4.78 is 2.13. The van der Waals surface area contributed by atoms with E-state index in [0.29, 0.717) is 10.6 Å². The number of aromatic nitrogens is 3. The van der Waals surface area contributed by atoms with E-state index in [2.05, 4.69) is 15.5 Å². The van der Waals surface area contributed by atoms with E-state index in [1.807, 2.05) is 48.7 Å². The van der Waals surface area contributed by atoms with E-state index in [-0.39, 0.29) is 12.5 Å². The number of carbonyl (C=O) groups excluding carboxylic acids is 1. The molecule has 5 nitrogen and oxygen atoms in total. The van der Waals surface area contributed by atoms with Gasteiger partial charge in [-0.1, -0.05) is 18.2 Å². The molecule has 0 spiro atoms. The zero-order chi connectivity index (χ0) is 15.5. The molecule has 0 bridgehead atoms. The quantitative estimate of drug-likeness (QED) is 0.718. The Hall–Kier alpha value is -2.25. The molecule has 0 unspecified atom stereocenters. The third-order valence-electron chi connectivity index (χ3n) is 3.10. The summed E-state index contributed by atoms with van der Waals surface area (Å²) in [6.45, 7) is 2.10. The Balaban J connectivity index is 1.80. The summed E-state index contributed by atoms with van der Waals surface area (Å²) >= 11 is 6.78. The second kappa shape index (κ2) is 6.25. The number of carbonyl (C=O) groups is 1. The summed E-state index contributed by atoms with van der Waals surface area (Å²) in [4.78, 5) is 13.2. The summed E-state index contributed by atoms with van der Waals surface area (Å²) in [5, 5.41) is 11.8. The molecule has 0 fully saturated rings. The van der Waals surface area contributed by atoms with Crippen molar-refractivity contribution in [2.75, 3.05) is 5.32 Å². The predicted octanol–water partition coefficient (Wildman–Crippen LogP) is 3.62. The molecule has 22 heavy (non-hydrogen) atoms. The van der Waals surface area contributed by atoms with Gasteiger partial charge in [0, 0.05) is 5.69 Å². The normalized spacial score (nSPS) is 10.6. The number of hydrogen-bond acceptors (Lipinski definition) is 4. The lowest BCUT2D eigenvalue weighted by Gasteiger charge is -2.08. The van der Waals surface area contributed by atoms with Gasteiger partial charge < -0.3 is 5.32 Å². The summed E-state index contributed by atoms with van der Waals surface area (Å²) in [5.74, 6) is 0.542. The molecular formula is C15H14N4OS2. The molecule has 0 aliphatic rings. The number of aryl methyl sites for hydroxylation is 1. The third kappa shape index (κ3) is 3.15. The van der Waals surface area contributed by atoms with E-state index in [1.54, 1.807) is 15.9 Å². The highest BCUT2D eigenvalue weighted by atomic mass is 32.1. The highest BCUT2D eigenvalue weighted by Crippen LogP contribution is 2.22. The molecule has 2 N–H and O–H groups in total. The number of benzene rings is 1. The Kier molecular flexibility index (Phi) is 4.17. The van der Waals surface area contributed by atoms with Gasteiger partial charge in [-0.05, 0) is 48.3 Å². The summed E-state index contributed by atoms with van der Waals surface area (Å²) in [6, 6.07) is 11.6. The lowest BCUT2D eigenvalue weighted by molar-refractivity contribution is -0.116. The molecule has 0 atom stereocenters. The molecule has 0 saturated carbocycles. The zero-order valence-corrected chi connectivity index (χ0v) is 13.5. The molecule has 0 aliphatic carbocycles. The minimum Gasteiger partial charge on any atom is -0.325 e. The molecule has 112 valence electrons. The lowest BCUT2D eigenvalue weighted by atomic mass is 10.2. The fourth-order valence-corrected chi connectivity index (χ4v) is 3.04. The Bertz CT molecular complexity index is 849. The second-order valence-corrected chi connectivity index (χ2v) is 6.17. The van der Waals surface area contributed by atoms with Gasteiger partial charge >= 0.3 is 0 Å². The van der Waals surface area contributed by atoms with Crippen molar-refractivity contribution < 1.29 is 4.79 Å². The molecule has 3 rings (SSSR count). The van der Waals surface area contributed by atoms with E-state index in [0.717, 1.165) is 16.1 Å². The van der Waals surface area contributed by atoms with Gasteiger partial charge in [-0.2, -0.15) is 5.10 Å². The van der Waals surface area contributed by atoms with Crippen LogP contribution in [0.2, 0.25) is 0 Å². The van der Waals surface area contributed by atoms with E-state index in [4.69, 9.17) is 12.2 Å². The Labute approximate surface area is 136 Å². The third-order valence-corrected chi connectivity index (χ3v) is 4.28. The first-order chi connectivity index (χ1) is 10.6. The smallest absolute Gasteiger partial charge is 0.244 e. The van der Waals surface area contributed by atoms with E-state index in [9.17, 15) is 4.79 Å². The van der Waals surface area contributed by atoms with Crippen LogP contribution in [0.15, 0.2) is 41.8 Å². The van der Waals surface area contributed by atoms with E-state index >= 15 is 0 Å². The van der Waals surface area contributed by atoms with Crippen molar-refractivity contribution in [3.05, 3.63) is 52.1 Å². The van der Waals surface area contributed by atoms with Gasteiger partial charge in [-0.15, -0.1) is 11.3 Å². The molecule has 3 aromatic rings. The topological polar surface area (TPSA) is 62.7 Å². The first kappa shape index (κ1) is 14.7. The van der Waals surface area contributed by atoms with Gasteiger partial charge in [0.05, 0.1) is 4.88 Å². The summed E-state index contributed by atoms with van der Waals surface area (Å²) in [6.07, 6.45) is 0. The van der Waals surface area contributed by atoms with Gasteiger partial charge in [-0.25, -0.2) is 0 Å². The molecule has 0 radical (unpaired) electrons. The predicted molar refractivity (Wildman–Crippen MR) is 90.5 cm³/mol. The number of nitrogens with one attached hydrogen (secondary N) is 2. The summed E-state index contributed by atoms with van der Waals surface area (Å²) in [5.41, 5.74) is 1.87. The maximum atomic E-state index is 12.2. The van der Waals surface area contributed by atoms with Crippen LogP contribution >= 0.6 is 23.6 Å². The first-order valence-electron chi connectivity index (χ1n) is 6.69. The molecule has 2 heterocycles. The van der Waals surface area contributed by atoms with Crippen LogP contribution in [0.5, 0.6) is 0 Å². The van der Waals surface area contributed by atoms with Crippen LogP contribution in [0, 0.1) is 11.7 Å². The number of rotatable bonds is 4. The van der Waals surface area contributed by atoms with Crippen molar-refractivity contribution in [1.82, 2.24) is 14.8 Å². The average molecular weight is 330 g/mol. The van der Waals surface area contributed by atoms with Crippen LogP contribution < -0.4 is 5.32 Å². The minimum absolute atomic E-state index is 0.122. The van der Waals surface area contributed by atoms with Crippen LogP contribution in [0.4, 0.5) is 5.69 Å². The Morgan fingerprint density at radius 2 is 2.27 bits per heavy atom. The van der Waals surface area contributed by atoms with Crippen molar-refractivity contribution in [3.8, 4) is 10.7 Å². The minimum atomic E-state index is -0.138. The largest absolute Gasteiger partial charge is 0.325 e. The average Bonchev–Trinajstić information content (AvgIpc) is 3.10. The Morgan fingerprint density at radius 1 is 1.41 bits per heavy atom. The number of aromatic amines is 1. The molecule has 1 aromatic carbocycles. The van der Waals surface area contributed by atoms with Crippen molar-refractivity contribution in [2.24, 2.45) is 0 Å². The fraction of sp³-hybridized carbons (Fsp3) is 0.133. The number of H-pyrrole nitrogens is 1. The van der Waals surface area contributed by atoms with Gasteiger partial charge in [0.2, 0.25) is 5.91 Å². The number of amides is 1. The van der Waals surface area contributed by atoms with Crippen LogP contribution in [-0.4, -0.2) is 20.7 Å². The van der Waals surface area contributed by atoms with Crippen LogP contribution in [0.3, 0.4) is 0 Å². The number of nitrogens with zero attached hydrogens (tertiary/aromatic N) is 2. The van der Waals surface area contributed by atoms with Crippen molar-refractivity contribution in [2.45, 2.75) is 13.5 Å². The fourth-order valence-electron chi connectivity index (χ4n) is 2.13. The maximum absolute atomic E-state index is 12.2. The van der Waals surface area contributed by atoms with Crippen LogP contribution in [0.25, 0.3) is 10.7 Å². The van der Waals surface area contributed by atoms with E-state index < -0.39 is 0 Å². The maximum Gasteiger partial charge on any atom is 0.244 e. The molecule has 0 saturated heterocycles. The van der Waals surface area contributed by atoms with Crippen molar-refractivity contribution in [1.29, 1.82) is 0 Å². The van der Waals surface area contributed by atoms with Gasteiger partial charge in [0.1, 0.15) is 6.54 Å². The van der Waals surface area contributed by atoms with Crippen LogP contribution in [0.1, 0.15) is 5.56 Å². The van der Waals surface area contributed by atoms with Gasteiger partial charge in [0.25, 0.3) is 0 Å². The van der Waals surface area contributed by atoms with Crippen LogP contribution in [-0.2, 0) is 11.3 Å². The standard InChI is InChI=1S/C15H14N4OS2/c1-10-4-2-5-11(8-10)16-13(20)9-19-14(17-18-15(19)21)12-6-3-7-22-12/h2-8H,9H2,1H3,(H,16,20)(H,18,21). The molecule has 0 aliphatic heterocycles. The molecule has 2 aromatic heterocycles. The van der Waals surface area contributed by atoms with Crippen molar-refractivity contribution in [3.63, 3.8) is 0 Å². The molecule has 1 amide bonds. The number of thiophene rings is 1. The highest BCUT2D eigenvalue weighted by molar-refractivity contribution is 7.71. The van der Waals surface area contributed by atoms with Crippen molar-refractivity contribution >= 4 is 35.1 Å². The van der Waals surface area contributed by atoms with Gasteiger partial charge in [0.15, 0.2) is 10.6 Å². The number of anilines is 1. The molecular weight excluding hydrogens is 316 g/mol. The SMILES string of the molecule is Cc1cccc(NC(=O)Cn2c(-c3cccs3)n[nH]c2=S)c1. The lowest BCUT2D eigenvalue weighted by Crippen LogP contribution is -2.19. The van der Waals surface area contributed by atoms with Gasteiger partial charge in [-0.3, -0.25) is 14.5 Å². The number of hydrogen-bond donors (Lipinski definition) is 2. The highest BCUT2D eigenvalue weighted by Gasteiger charge is 2.13. The Morgan fingerprint density at radius 3 is 3.00 bits per heavy atom. The molecule has 7 heteroatoms. The summed E-state index contributed by atoms with van der Waals surface area (Å²) in [7, 11) is 0. The van der Waals surface area contributed by atoms with E-state index in [1.165, 1.54) is 0 Å².